The Labute approximate surface area is 124 Å². The highest BCUT2D eigenvalue weighted by Gasteiger charge is 2.10. The zero-order valence-corrected chi connectivity index (χ0v) is 13.8. The third-order valence-electron chi connectivity index (χ3n) is 3.23. The first-order chi connectivity index (χ1) is 9.42. The summed E-state index contributed by atoms with van der Waals surface area (Å²) in [6.07, 6.45) is 4.89. The first-order valence-corrected chi connectivity index (χ1v) is 7.76. The fourth-order valence-corrected chi connectivity index (χ4v) is 1.90. The van der Waals surface area contributed by atoms with Gasteiger partial charge in [0.15, 0.2) is 0 Å². The molecule has 0 unspecified atom stereocenters. The summed E-state index contributed by atoms with van der Waals surface area (Å²) >= 11 is 0. The summed E-state index contributed by atoms with van der Waals surface area (Å²) < 4.78 is 5.70. The van der Waals surface area contributed by atoms with Crippen molar-refractivity contribution >= 4 is 0 Å². The van der Waals surface area contributed by atoms with E-state index in [2.05, 4.69) is 44.1 Å². The van der Waals surface area contributed by atoms with E-state index < -0.39 is 0 Å². The average molecular weight is 278 g/mol. The van der Waals surface area contributed by atoms with Gasteiger partial charge in [-0.15, -0.1) is 0 Å². The molecule has 114 valence electrons. The van der Waals surface area contributed by atoms with Crippen molar-refractivity contribution in [3.63, 3.8) is 0 Å². The predicted octanol–water partition coefficient (Wildman–Crippen LogP) is 4.24. The van der Waals surface area contributed by atoms with Crippen LogP contribution in [0.15, 0.2) is 12.1 Å². The number of rotatable bonds is 8. The van der Waals surface area contributed by atoms with Crippen LogP contribution in [-0.4, -0.2) is 17.1 Å². The molecule has 1 N–H and O–H groups in total. The topological polar surface area (TPSA) is 34.1 Å². The van der Waals surface area contributed by atoms with Crippen molar-refractivity contribution in [3.05, 3.63) is 23.4 Å². The maximum Gasteiger partial charge on any atom is 0.213 e. The van der Waals surface area contributed by atoms with Crippen molar-refractivity contribution in [2.45, 2.75) is 72.4 Å². The van der Waals surface area contributed by atoms with Crippen molar-refractivity contribution in [2.75, 3.05) is 6.61 Å². The highest BCUT2D eigenvalue weighted by Crippen LogP contribution is 2.14. The molecule has 0 spiro atoms. The monoisotopic (exact) mass is 278 g/mol. The molecule has 3 nitrogen and oxygen atoms in total. The van der Waals surface area contributed by atoms with E-state index in [-0.39, 0.29) is 5.54 Å². The fraction of sp³-hybridized carbons (Fsp3) is 0.706. The summed E-state index contributed by atoms with van der Waals surface area (Å²) in [5.74, 6) is 0.749. The Morgan fingerprint density at radius 3 is 2.50 bits per heavy atom. The number of nitrogens with one attached hydrogen (secondary N) is 1. The first kappa shape index (κ1) is 17.0. The second kappa shape index (κ2) is 8.25. The molecule has 0 aliphatic carbocycles. The second-order valence-electron chi connectivity index (χ2n) is 6.41. The highest BCUT2D eigenvalue weighted by molar-refractivity contribution is 5.25. The van der Waals surface area contributed by atoms with Gasteiger partial charge in [-0.1, -0.05) is 32.3 Å². The normalized spacial score (nSPS) is 11.7. The minimum Gasteiger partial charge on any atom is -0.478 e. The van der Waals surface area contributed by atoms with E-state index >= 15 is 0 Å². The Morgan fingerprint density at radius 2 is 1.90 bits per heavy atom. The minimum atomic E-state index is 0.126. The van der Waals surface area contributed by atoms with Crippen molar-refractivity contribution < 1.29 is 4.74 Å². The number of aromatic nitrogens is 1. The molecule has 0 aliphatic heterocycles. The fourth-order valence-electron chi connectivity index (χ4n) is 1.90. The molecule has 3 heteroatoms. The summed E-state index contributed by atoms with van der Waals surface area (Å²) in [6.45, 7) is 12.4. The second-order valence-corrected chi connectivity index (χ2v) is 6.41. The van der Waals surface area contributed by atoms with Gasteiger partial charge in [0.1, 0.15) is 0 Å². The summed E-state index contributed by atoms with van der Waals surface area (Å²) in [5, 5.41) is 3.48. The Bertz CT molecular complexity index is 396. The Balaban J connectivity index is 2.42. The van der Waals surface area contributed by atoms with E-state index in [1.807, 2.05) is 13.0 Å². The standard InChI is InChI=1S/C17H30N2O/c1-6-7-8-9-12-20-16-11-10-15(14(2)19-16)13-18-17(3,4)5/h10-11,18H,6-9,12-13H2,1-5H3. The van der Waals surface area contributed by atoms with E-state index in [4.69, 9.17) is 4.74 Å². The van der Waals surface area contributed by atoms with E-state index in [9.17, 15) is 0 Å². The lowest BCUT2D eigenvalue weighted by atomic mass is 10.1. The lowest BCUT2D eigenvalue weighted by Gasteiger charge is -2.21. The molecule has 1 aromatic heterocycles. The van der Waals surface area contributed by atoms with Gasteiger partial charge in [0.25, 0.3) is 0 Å². The van der Waals surface area contributed by atoms with Crippen molar-refractivity contribution in [3.8, 4) is 5.88 Å². The third-order valence-corrected chi connectivity index (χ3v) is 3.23. The van der Waals surface area contributed by atoms with Crippen LogP contribution in [0.4, 0.5) is 0 Å². The van der Waals surface area contributed by atoms with Crippen LogP contribution in [0.2, 0.25) is 0 Å². The van der Waals surface area contributed by atoms with Gasteiger partial charge in [-0.25, -0.2) is 4.98 Å². The Hall–Kier alpha value is -1.09. The first-order valence-electron chi connectivity index (χ1n) is 7.76. The van der Waals surface area contributed by atoms with Crippen molar-refractivity contribution in [1.29, 1.82) is 0 Å². The largest absolute Gasteiger partial charge is 0.478 e. The third kappa shape index (κ3) is 6.90. The number of ether oxygens (including phenoxy) is 1. The van der Waals surface area contributed by atoms with Gasteiger partial charge in [0.05, 0.1) is 6.61 Å². The zero-order chi connectivity index (χ0) is 15.0. The SMILES string of the molecule is CCCCCCOc1ccc(CNC(C)(C)C)c(C)n1. The molecule has 1 rings (SSSR count). The number of nitrogens with zero attached hydrogens (tertiary/aromatic N) is 1. The summed E-state index contributed by atoms with van der Waals surface area (Å²) in [6, 6.07) is 4.09. The van der Waals surface area contributed by atoms with Crippen molar-refractivity contribution in [1.82, 2.24) is 10.3 Å². The van der Waals surface area contributed by atoms with Gasteiger partial charge in [0.2, 0.25) is 5.88 Å². The molecule has 0 bridgehead atoms. The Kier molecular flexibility index (Phi) is 7.00. The number of hydrogen-bond donors (Lipinski definition) is 1. The van der Waals surface area contributed by atoms with E-state index in [0.717, 1.165) is 31.1 Å². The van der Waals surface area contributed by atoms with E-state index in [0.29, 0.717) is 0 Å². The molecule has 0 aliphatic rings. The van der Waals surface area contributed by atoms with Crippen LogP contribution < -0.4 is 10.1 Å². The molecular formula is C17H30N2O. The van der Waals surface area contributed by atoms with E-state index in [1.54, 1.807) is 0 Å². The minimum absolute atomic E-state index is 0.126. The highest BCUT2D eigenvalue weighted by atomic mass is 16.5. The molecule has 0 amide bonds. The number of hydrogen-bond acceptors (Lipinski definition) is 3. The predicted molar refractivity (Wildman–Crippen MR) is 85.2 cm³/mol. The molecule has 1 heterocycles. The average Bonchev–Trinajstić information content (AvgIpc) is 2.36. The molecule has 1 aromatic rings. The maximum absolute atomic E-state index is 5.70. The van der Waals surface area contributed by atoms with Gasteiger partial charge in [-0.2, -0.15) is 0 Å². The molecular weight excluding hydrogens is 248 g/mol. The Morgan fingerprint density at radius 1 is 1.15 bits per heavy atom. The quantitative estimate of drug-likeness (QED) is 0.722. The molecule has 20 heavy (non-hydrogen) atoms. The van der Waals surface area contributed by atoms with Crippen LogP contribution in [-0.2, 0) is 6.54 Å². The molecule has 0 atom stereocenters. The van der Waals surface area contributed by atoms with Gasteiger partial charge >= 0.3 is 0 Å². The molecule has 0 saturated carbocycles. The number of unbranched alkanes of at least 4 members (excludes halogenated alkanes) is 3. The zero-order valence-electron chi connectivity index (χ0n) is 13.8. The maximum atomic E-state index is 5.70. The molecule has 0 saturated heterocycles. The summed E-state index contributed by atoms with van der Waals surface area (Å²) in [5.41, 5.74) is 2.41. The van der Waals surface area contributed by atoms with Gasteiger partial charge < -0.3 is 10.1 Å². The van der Waals surface area contributed by atoms with Gasteiger partial charge in [-0.05, 0) is 39.7 Å². The van der Waals surface area contributed by atoms with Gasteiger partial charge in [-0.3, -0.25) is 0 Å². The van der Waals surface area contributed by atoms with Crippen LogP contribution in [0.3, 0.4) is 0 Å². The van der Waals surface area contributed by atoms with Crippen LogP contribution in [0, 0.1) is 6.92 Å². The molecule has 0 radical (unpaired) electrons. The van der Waals surface area contributed by atoms with E-state index in [1.165, 1.54) is 24.8 Å². The van der Waals surface area contributed by atoms with Crippen LogP contribution >= 0.6 is 0 Å². The van der Waals surface area contributed by atoms with Gasteiger partial charge in [0, 0.05) is 23.8 Å². The molecule has 0 fully saturated rings. The lowest BCUT2D eigenvalue weighted by Crippen LogP contribution is -2.35. The van der Waals surface area contributed by atoms with Crippen LogP contribution in [0.5, 0.6) is 5.88 Å². The number of pyridine rings is 1. The van der Waals surface area contributed by atoms with Crippen molar-refractivity contribution in [2.24, 2.45) is 0 Å². The van der Waals surface area contributed by atoms with Crippen LogP contribution in [0.1, 0.15) is 64.6 Å². The molecule has 0 aromatic carbocycles. The summed E-state index contributed by atoms with van der Waals surface area (Å²) in [4.78, 5) is 4.53. The number of aryl methyl sites for hydroxylation is 1. The smallest absolute Gasteiger partial charge is 0.213 e. The lowest BCUT2D eigenvalue weighted by molar-refractivity contribution is 0.293. The van der Waals surface area contributed by atoms with Crippen LogP contribution in [0.25, 0.3) is 0 Å². The summed E-state index contributed by atoms with van der Waals surface area (Å²) in [7, 11) is 0.